The van der Waals surface area contributed by atoms with Crippen molar-refractivity contribution >= 4 is 12.0 Å². The Morgan fingerprint density at radius 3 is 2.89 bits per heavy atom. The molecule has 1 saturated carbocycles. The molecule has 5 nitrogen and oxygen atoms in total. The van der Waals surface area contributed by atoms with E-state index >= 15 is 0 Å². The quantitative estimate of drug-likeness (QED) is 0.704. The van der Waals surface area contributed by atoms with Crippen molar-refractivity contribution in [3.63, 3.8) is 0 Å². The predicted octanol–water partition coefficient (Wildman–Crippen LogP) is 1.41. The first-order valence-electron chi connectivity index (χ1n) is 6.84. The van der Waals surface area contributed by atoms with Gasteiger partial charge in [-0.2, -0.15) is 0 Å². The number of amides is 1. The van der Waals surface area contributed by atoms with Crippen molar-refractivity contribution in [2.45, 2.75) is 51.2 Å². The summed E-state index contributed by atoms with van der Waals surface area (Å²) in [6.07, 6.45) is 2.23. The van der Waals surface area contributed by atoms with Gasteiger partial charge in [-0.15, -0.1) is 0 Å². The largest absolute Gasteiger partial charge is 0.444 e. The molecule has 0 aromatic carbocycles. The van der Waals surface area contributed by atoms with E-state index in [1.807, 2.05) is 26.7 Å². The molecule has 2 atom stereocenters. The summed E-state index contributed by atoms with van der Waals surface area (Å²) in [5.74, 6) is 2.30. The van der Waals surface area contributed by atoms with Crippen molar-refractivity contribution in [2.75, 3.05) is 13.1 Å². The summed E-state index contributed by atoms with van der Waals surface area (Å²) in [5, 5.41) is 6.20. The fraction of sp³-hybridized carbons (Fsp3) is 0.786. The zero-order valence-electron chi connectivity index (χ0n) is 11.8. The molecule has 0 bridgehead atoms. The Morgan fingerprint density at radius 2 is 2.26 bits per heavy atom. The highest BCUT2D eigenvalue weighted by Gasteiger charge is 2.50. The Balaban J connectivity index is 2.18. The van der Waals surface area contributed by atoms with Gasteiger partial charge in [0.05, 0.1) is 5.54 Å². The van der Waals surface area contributed by atoms with Crippen LogP contribution in [0.15, 0.2) is 5.57 Å². The first-order valence-corrected chi connectivity index (χ1v) is 6.84. The lowest BCUT2D eigenvalue weighted by Crippen LogP contribution is -2.58. The molecule has 1 aliphatic carbocycles. The highest BCUT2D eigenvalue weighted by molar-refractivity contribution is 5.72. The summed E-state index contributed by atoms with van der Waals surface area (Å²) in [7, 11) is 0. The van der Waals surface area contributed by atoms with Crippen LogP contribution in [-0.2, 0) is 9.53 Å². The van der Waals surface area contributed by atoms with Gasteiger partial charge in [-0.25, -0.2) is 9.59 Å². The number of nitrogens with one attached hydrogen (secondary N) is 2. The number of fused-ring (bicyclic) bond motifs is 1. The van der Waals surface area contributed by atoms with Crippen LogP contribution in [0.3, 0.4) is 0 Å². The Kier molecular flexibility index (Phi) is 3.70. The van der Waals surface area contributed by atoms with E-state index in [1.165, 1.54) is 0 Å². The monoisotopic (exact) mass is 266 g/mol. The minimum Gasteiger partial charge on any atom is -0.444 e. The van der Waals surface area contributed by atoms with Gasteiger partial charge in [-0.1, -0.05) is 0 Å². The summed E-state index contributed by atoms with van der Waals surface area (Å²) in [6, 6.07) is 0. The van der Waals surface area contributed by atoms with Crippen LogP contribution in [0.4, 0.5) is 4.79 Å². The second kappa shape index (κ2) is 4.99. The first-order chi connectivity index (χ1) is 8.87. The third-order valence-corrected chi connectivity index (χ3v) is 3.86. The maximum absolute atomic E-state index is 12.0. The normalized spacial score (nSPS) is 30.5. The van der Waals surface area contributed by atoms with Crippen molar-refractivity contribution in [2.24, 2.45) is 5.92 Å². The summed E-state index contributed by atoms with van der Waals surface area (Å²) in [5.41, 5.74) is -0.468. The molecular formula is C14H22N2O3. The molecule has 1 saturated heterocycles. The average molecular weight is 266 g/mol. The van der Waals surface area contributed by atoms with E-state index < -0.39 is 17.2 Å². The summed E-state index contributed by atoms with van der Waals surface area (Å²) < 4.78 is 5.32. The second-order valence-corrected chi connectivity index (χ2v) is 6.40. The molecule has 2 N–H and O–H groups in total. The Hall–Kier alpha value is -1.32. The number of carbonyl (C=O) groups excluding carboxylic acids is 2. The van der Waals surface area contributed by atoms with Crippen LogP contribution in [0, 0.1) is 5.92 Å². The van der Waals surface area contributed by atoms with Crippen molar-refractivity contribution < 1.29 is 14.3 Å². The Morgan fingerprint density at radius 1 is 1.53 bits per heavy atom. The molecule has 106 valence electrons. The van der Waals surface area contributed by atoms with Crippen molar-refractivity contribution in [3.8, 4) is 0 Å². The van der Waals surface area contributed by atoms with Crippen LogP contribution in [0.25, 0.3) is 0 Å². The first kappa shape index (κ1) is 14.1. The number of alkyl carbamates (subject to hydrolysis) is 1. The smallest absolute Gasteiger partial charge is 0.408 e. The van der Waals surface area contributed by atoms with E-state index in [1.54, 1.807) is 0 Å². The lowest BCUT2D eigenvalue weighted by atomic mass is 9.72. The van der Waals surface area contributed by atoms with Crippen molar-refractivity contribution in [1.29, 1.82) is 0 Å². The van der Waals surface area contributed by atoms with Gasteiger partial charge in [-0.3, -0.25) is 0 Å². The number of carbonyl (C=O) groups is 1. The van der Waals surface area contributed by atoms with Gasteiger partial charge in [-0.05, 0) is 40.0 Å². The molecule has 19 heavy (non-hydrogen) atoms. The van der Waals surface area contributed by atoms with E-state index in [0.717, 1.165) is 19.4 Å². The minimum atomic E-state index is -0.595. The third kappa shape index (κ3) is 2.82. The lowest BCUT2D eigenvalue weighted by molar-refractivity contribution is 0.0447. The zero-order chi connectivity index (χ0) is 14.1. The summed E-state index contributed by atoms with van der Waals surface area (Å²) in [6.45, 7) is 6.88. The summed E-state index contributed by atoms with van der Waals surface area (Å²) in [4.78, 5) is 23.2. The summed E-state index contributed by atoms with van der Waals surface area (Å²) >= 11 is 0. The molecule has 1 amide bonds. The van der Waals surface area contributed by atoms with Gasteiger partial charge in [0.15, 0.2) is 0 Å². The number of ether oxygens (including phenoxy) is 1. The van der Waals surface area contributed by atoms with Gasteiger partial charge < -0.3 is 15.4 Å². The highest BCUT2D eigenvalue weighted by atomic mass is 16.6. The predicted molar refractivity (Wildman–Crippen MR) is 71.5 cm³/mol. The average Bonchev–Trinajstić information content (AvgIpc) is 2.68. The fourth-order valence-electron chi connectivity index (χ4n) is 3.06. The molecule has 2 unspecified atom stereocenters. The molecule has 1 heterocycles. The van der Waals surface area contributed by atoms with Gasteiger partial charge in [0.25, 0.3) is 0 Å². The molecular weight excluding hydrogens is 244 g/mol. The number of hydrogen-bond acceptors (Lipinski definition) is 4. The van der Waals surface area contributed by atoms with Crippen LogP contribution < -0.4 is 10.6 Å². The van der Waals surface area contributed by atoms with Crippen LogP contribution >= 0.6 is 0 Å². The molecule has 0 radical (unpaired) electrons. The maximum Gasteiger partial charge on any atom is 0.408 e. The minimum absolute atomic E-state index is 0.255. The highest BCUT2D eigenvalue weighted by Crippen LogP contribution is 2.39. The van der Waals surface area contributed by atoms with E-state index in [4.69, 9.17) is 4.74 Å². The molecule has 0 aromatic heterocycles. The Bertz CT molecular complexity index is 421. The second-order valence-electron chi connectivity index (χ2n) is 6.40. The van der Waals surface area contributed by atoms with Crippen LogP contribution in [0.2, 0.25) is 0 Å². The zero-order valence-corrected chi connectivity index (χ0v) is 11.8. The van der Waals surface area contributed by atoms with E-state index in [2.05, 4.69) is 10.6 Å². The molecule has 1 aliphatic heterocycles. The molecule has 5 heteroatoms. The van der Waals surface area contributed by atoms with E-state index in [-0.39, 0.29) is 5.92 Å². The standard InChI is InChI=1S/C14H22N2O3/c1-13(2,3)19-12(18)16-14-9-15-7-10(14)5-4-6-11(14)8-17/h10,15H,4-7,9H2,1-3H3,(H,16,18). The topological polar surface area (TPSA) is 67.4 Å². The van der Waals surface area contributed by atoms with Crippen LogP contribution in [0.1, 0.15) is 40.0 Å². The molecule has 2 aliphatic rings. The van der Waals surface area contributed by atoms with Gasteiger partial charge in [0.1, 0.15) is 11.5 Å². The van der Waals surface area contributed by atoms with Gasteiger partial charge in [0.2, 0.25) is 0 Å². The van der Waals surface area contributed by atoms with E-state index in [0.29, 0.717) is 18.5 Å². The Labute approximate surface area is 113 Å². The van der Waals surface area contributed by atoms with Crippen LogP contribution in [-0.4, -0.2) is 36.3 Å². The van der Waals surface area contributed by atoms with Gasteiger partial charge in [0, 0.05) is 24.6 Å². The van der Waals surface area contributed by atoms with Crippen molar-refractivity contribution in [1.82, 2.24) is 10.6 Å². The van der Waals surface area contributed by atoms with Gasteiger partial charge >= 0.3 is 6.09 Å². The fourth-order valence-corrected chi connectivity index (χ4v) is 3.06. The number of hydrogen-bond donors (Lipinski definition) is 2. The lowest BCUT2D eigenvalue weighted by Gasteiger charge is -2.40. The molecule has 0 aromatic rings. The molecule has 0 spiro atoms. The molecule has 2 fully saturated rings. The third-order valence-electron chi connectivity index (χ3n) is 3.86. The maximum atomic E-state index is 12.0. The van der Waals surface area contributed by atoms with Crippen LogP contribution in [0.5, 0.6) is 0 Å². The number of rotatable bonds is 1. The van der Waals surface area contributed by atoms with E-state index in [9.17, 15) is 9.59 Å². The SMILES string of the molecule is CC(C)(C)OC(=O)NC12CNCC1CCCC2=C=O. The molecule has 2 rings (SSSR count). The van der Waals surface area contributed by atoms with Crippen molar-refractivity contribution in [3.05, 3.63) is 5.57 Å².